The fraction of sp³-hybridized carbons (Fsp3) is 0.364. The van der Waals surface area contributed by atoms with Crippen LogP contribution in [0.2, 0.25) is 5.02 Å². The van der Waals surface area contributed by atoms with E-state index in [1.54, 1.807) is 31.2 Å². The van der Waals surface area contributed by atoms with Gasteiger partial charge in [0, 0.05) is 12.1 Å². The molecule has 1 unspecified atom stereocenters. The molecule has 0 radical (unpaired) electrons. The summed E-state index contributed by atoms with van der Waals surface area (Å²) < 4.78 is 5.13. The van der Waals surface area contributed by atoms with E-state index in [4.69, 9.17) is 16.3 Å². The predicted octanol–water partition coefficient (Wildman–Crippen LogP) is 2.68. The maximum absolute atomic E-state index is 11.2. The second-order valence-corrected chi connectivity index (χ2v) is 3.63. The Bertz CT molecular complexity index is 341. The van der Waals surface area contributed by atoms with Crippen molar-refractivity contribution in [1.82, 2.24) is 0 Å². The number of rotatable bonds is 4. The van der Waals surface area contributed by atoms with Crippen LogP contribution in [0.1, 0.15) is 18.9 Å². The molecule has 1 atom stereocenters. The van der Waals surface area contributed by atoms with Gasteiger partial charge in [0.25, 0.3) is 0 Å². The molecular formula is C11H13ClO3. The summed E-state index contributed by atoms with van der Waals surface area (Å²) in [5.74, 6) is -0.991. The summed E-state index contributed by atoms with van der Waals surface area (Å²) in [7, 11) is 1.40. The van der Waals surface area contributed by atoms with Crippen LogP contribution in [0.25, 0.3) is 0 Å². The molecule has 0 bridgehead atoms. The predicted molar refractivity (Wildman–Crippen MR) is 58.1 cm³/mol. The van der Waals surface area contributed by atoms with Gasteiger partial charge in [-0.1, -0.05) is 30.7 Å². The molecule has 0 heterocycles. The van der Waals surface area contributed by atoms with Crippen molar-refractivity contribution >= 4 is 17.6 Å². The highest BCUT2D eigenvalue weighted by Crippen LogP contribution is 2.30. The molecule has 1 rings (SSSR count). The van der Waals surface area contributed by atoms with E-state index < -0.39 is 11.6 Å². The number of methoxy groups -OCH3 is 1. The number of hydrogen-bond donors (Lipinski definition) is 1. The van der Waals surface area contributed by atoms with Gasteiger partial charge in [0.1, 0.15) is 0 Å². The summed E-state index contributed by atoms with van der Waals surface area (Å²) in [6.45, 7) is 1.77. The molecule has 0 aliphatic rings. The number of carbonyl (C=O) groups is 1. The quantitative estimate of drug-likeness (QED) is 0.862. The first-order chi connectivity index (χ1) is 7.06. The summed E-state index contributed by atoms with van der Waals surface area (Å²) in [5.41, 5.74) is -0.672. The van der Waals surface area contributed by atoms with Crippen molar-refractivity contribution in [3.63, 3.8) is 0 Å². The molecular weight excluding hydrogens is 216 g/mol. The van der Waals surface area contributed by atoms with Crippen molar-refractivity contribution in [3.8, 4) is 0 Å². The van der Waals surface area contributed by atoms with Gasteiger partial charge >= 0.3 is 5.97 Å². The monoisotopic (exact) mass is 228 g/mol. The number of aliphatic carboxylic acids is 1. The molecule has 0 saturated carbocycles. The molecule has 15 heavy (non-hydrogen) atoms. The second kappa shape index (κ2) is 4.64. The zero-order chi connectivity index (χ0) is 11.5. The summed E-state index contributed by atoms with van der Waals surface area (Å²) in [6.07, 6.45) is 0.362. The first-order valence-electron chi connectivity index (χ1n) is 4.61. The molecule has 0 aliphatic heterocycles. The summed E-state index contributed by atoms with van der Waals surface area (Å²) in [4.78, 5) is 11.2. The van der Waals surface area contributed by atoms with Crippen molar-refractivity contribution < 1.29 is 14.6 Å². The van der Waals surface area contributed by atoms with Crippen LogP contribution in [0.15, 0.2) is 24.3 Å². The van der Waals surface area contributed by atoms with Gasteiger partial charge in [-0.3, -0.25) is 0 Å². The third kappa shape index (κ3) is 2.13. The fourth-order valence-corrected chi connectivity index (χ4v) is 1.67. The van der Waals surface area contributed by atoms with Crippen LogP contribution < -0.4 is 0 Å². The summed E-state index contributed by atoms with van der Waals surface area (Å²) in [6, 6.07) is 6.65. The highest BCUT2D eigenvalue weighted by Gasteiger charge is 2.38. The number of carboxylic acid groups (broad SMARTS) is 1. The Labute approximate surface area is 93.6 Å². The zero-order valence-electron chi connectivity index (χ0n) is 8.66. The molecule has 0 spiro atoms. The van der Waals surface area contributed by atoms with Crippen molar-refractivity contribution in [1.29, 1.82) is 0 Å². The van der Waals surface area contributed by atoms with E-state index in [0.29, 0.717) is 17.0 Å². The molecule has 1 aromatic rings. The second-order valence-electron chi connectivity index (χ2n) is 3.20. The average Bonchev–Trinajstić information content (AvgIpc) is 2.22. The lowest BCUT2D eigenvalue weighted by atomic mass is 9.91. The molecule has 0 fully saturated rings. The molecule has 0 aliphatic carbocycles. The summed E-state index contributed by atoms with van der Waals surface area (Å²) >= 11 is 5.74. The minimum atomic E-state index is -1.27. The number of carboxylic acids is 1. The number of hydrogen-bond acceptors (Lipinski definition) is 2. The average molecular weight is 229 g/mol. The minimum absolute atomic E-state index is 0.362. The van der Waals surface area contributed by atoms with Crippen molar-refractivity contribution in [2.24, 2.45) is 0 Å². The first-order valence-corrected chi connectivity index (χ1v) is 4.99. The van der Waals surface area contributed by atoms with Gasteiger partial charge in [-0.05, 0) is 24.1 Å². The zero-order valence-corrected chi connectivity index (χ0v) is 9.41. The van der Waals surface area contributed by atoms with Gasteiger partial charge in [0.15, 0.2) is 5.60 Å². The molecule has 0 aromatic heterocycles. The van der Waals surface area contributed by atoms with Gasteiger partial charge in [-0.15, -0.1) is 0 Å². The largest absolute Gasteiger partial charge is 0.479 e. The van der Waals surface area contributed by atoms with E-state index in [1.807, 2.05) is 0 Å². The third-order valence-corrected chi connectivity index (χ3v) is 2.75. The Morgan fingerprint density at radius 2 is 2.00 bits per heavy atom. The van der Waals surface area contributed by atoms with Crippen molar-refractivity contribution in [2.75, 3.05) is 7.11 Å². The third-order valence-electron chi connectivity index (χ3n) is 2.50. The Hall–Kier alpha value is -1.06. The number of benzene rings is 1. The maximum atomic E-state index is 11.2. The van der Waals surface area contributed by atoms with Gasteiger partial charge in [0.2, 0.25) is 0 Å². The molecule has 3 nitrogen and oxygen atoms in total. The van der Waals surface area contributed by atoms with Crippen LogP contribution in [0.5, 0.6) is 0 Å². The van der Waals surface area contributed by atoms with Crippen LogP contribution in [0.4, 0.5) is 0 Å². The minimum Gasteiger partial charge on any atom is -0.479 e. The van der Waals surface area contributed by atoms with Gasteiger partial charge in [-0.25, -0.2) is 4.79 Å². The Morgan fingerprint density at radius 1 is 1.47 bits per heavy atom. The van der Waals surface area contributed by atoms with Crippen LogP contribution in [-0.4, -0.2) is 18.2 Å². The SMILES string of the molecule is CCC(OC)(C(=O)O)c1ccc(Cl)cc1. The Kier molecular flexibility index (Phi) is 3.72. The van der Waals surface area contributed by atoms with E-state index in [0.717, 1.165) is 0 Å². The van der Waals surface area contributed by atoms with Crippen LogP contribution in [0, 0.1) is 0 Å². The van der Waals surface area contributed by atoms with Crippen molar-refractivity contribution in [2.45, 2.75) is 18.9 Å². The molecule has 4 heteroatoms. The standard InChI is InChI=1S/C11H13ClO3/c1-3-11(15-2,10(13)14)8-4-6-9(12)7-5-8/h4-7H,3H2,1-2H3,(H,13,14). The maximum Gasteiger partial charge on any atom is 0.340 e. The van der Waals surface area contributed by atoms with E-state index >= 15 is 0 Å². The Balaban J connectivity index is 3.20. The highest BCUT2D eigenvalue weighted by atomic mass is 35.5. The molecule has 0 saturated heterocycles. The normalized spacial score (nSPS) is 14.6. The topological polar surface area (TPSA) is 46.5 Å². The van der Waals surface area contributed by atoms with E-state index in [1.165, 1.54) is 7.11 Å². The van der Waals surface area contributed by atoms with Gasteiger partial charge in [-0.2, -0.15) is 0 Å². The van der Waals surface area contributed by atoms with Crippen LogP contribution in [0.3, 0.4) is 0 Å². The molecule has 1 N–H and O–H groups in total. The van der Waals surface area contributed by atoms with Crippen molar-refractivity contribution in [3.05, 3.63) is 34.9 Å². The smallest absolute Gasteiger partial charge is 0.340 e. The number of halogens is 1. The summed E-state index contributed by atoms with van der Waals surface area (Å²) in [5, 5.41) is 9.76. The lowest BCUT2D eigenvalue weighted by molar-refractivity contribution is -0.164. The van der Waals surface area contributed by atoms with Crippen LogP contribution in [-0.2, 0) is 15.1 Å². The van der Waals surface area contributed by atoms with Gasteiger partial charge in [0.05, 0.1) is 0 Å². The number of ether oxygens (including phenoxy) is 1. The fourth-order valence-electron chi connectivity index (χ4n) is 1.55. The molecule has 82 valence electrons. The van der Waals surface area contributed by atoms with E-state index in [2.05, 4.69) is 0 Å². The van der Waals surface area contributed by atoms with Gasteiger partial charge < -0.3 is 9.84 Å². The van der Waals surface area contributed by atoms with E-state index in [-0.39, 0.29) is 0 Å². The van der Waals surface area contributed by atoms with E-state index in [9.17, 15) is 9.90 Å². The molecule has 0 amide bonds. The van der Waals surface area contributed by atoms with Crippen LogP contribution >= 0.6 is 11.6 Å². The highest BCUT2D eigenvalue weighted by molar-refractivity contribution is 6.30. The lowest BCUT2D eigenvalue weighted by Crippen LogP contribution is -2.37. The first kappa shape index (κ1) is 12.0. The Morgan fingerprint density at radius 3 is 2.33 bits per heavy atom. The lowest BCUT2D eigenvalue weighted by Gasteiger charge is -2.26. The molecule has 1 aromatic carbocycles.